The summed E-state index contributed by atoms with van der Waals surface area (Å²) in [5.74, 6) is 0.514. The van der Waals surface area contributed by atoms with Crippen molar-refractivity contribution in [1.82, 2.24) is 0 Å². The van der Waals surface area contributed by atoms with E-state index in [9.17, 15) is 9.59 Å². The zero-order chi connectivity index (χ0) is 22.4. The van der Waals surface area contributed by atoms with Gasteiger partial charge < -0.3 is 9.47 Å². The average molecular weight is 419 g/mol. The zero-order valence-corrected chi connectivity index (χ0v) is 19.8. The molecule has 0 bridgehead atoms. The van der Waals surface area contributed by atoms with Crippen molar-refractivity contribution in [3.05, 3.63) is 23.8 Å². The van der Waals surface area contributed by atoms with Crippen LogP contribution in [0.3, 0.4) is 0 Å². The van der Waals surface area contributed by atoms with Crippen molar-refractivity contribution < 1.29 is 19.1 Å². The number of hydrogen-bond acceptors (Lipinski definition) is 4. The molecule has 0 spiro atoms. The monoisotopic (exact) mass is 418 g/mol. The number of benzene rings is 1. The van der Waals surface area contributed by atoms with Gasteiger partial charge in [0.1, 0.15) is 0 Å². The summed E-state index contributed by atoms with van der Waals surface area (Å²) in [4.78, 5) is 24.3. The van der Waals surface area contributed by atoms with Crippen molar-refractivity contribution in [3.8, 4) is 11.5 Å². The van der Waals surface area contributed by atoms with Crippen molar-refractivity contribution in [2.75, 3.05) is 0 Å². The maximum Gasteiger partial charge on any atom is 0.311 e. The molecule has 4 nitrogen and oxygen atoms in total. The van der Waals surface area contributed by atoms with E-state index in [1.807, 2.05) is 39.8 Å². The van der Waals surface area contributed by atoms with Gasteiger partial charge in [-0.3, -0.25) is 9.59 Å². The molecule has 0 fully saturated rings. The number of ether oxygens (including phenoxy) is 2. The quantitative estimate of drug-likeness (QED) is 0.171. The number of aryl methyl sites for hydroxylation is 1. The van der Waals surface area contributed by atoms with E-state index in [4.69, 9.17) is 9.47 Å². The zero-order valence-electron chi connectivity index (χ0n) is 19.8. The fraction of sp³-hybridized carbons (Fsp3) is 0.692. The first-order valence-electron chi connectivity index (χ1n) is 11.9. The van der Waals surface area contributed by atoms with E-state index in [1.54, 1.807) is 6.07 Å². The lowest BCUT2D eigenvalue weighted by molar-refractivity contribution is -0.138. The first-order valence-corrected chi connectivity index (χ1v) is 11.9. The van der Waals surface area contributed by atoms with Crippen molar-refractivity contribution in [1.29, 1.82) is 0 Å². The summed E-state index contributed by atoms with van der Waals surface area (Å²) < 4.78 is 11.1. The molecule has 1 rings (SSSR count). The van der Waals surface area contributed by atoms with Gasteiger partial charge in [0.2, 0.25) is 0 Å². The van der Waals surface area contributed by atoms with E-state index in [2.05, 4.69) is 6.92 Å². The highest BCUT2D eigenvalue weighted by Gasteiger charge is 2.16. The fourth-order valence-electron chi connectivity index (χ4n) is 3.33. The van der Waals surface area contributed by atoms with Crippen molar-refractivity contribution >= 4 is 11.9 Å². The average Bonchev–Trinajstić information content (AvgIpc) is 2.64. The lowest BCUT2D eigenvalue weighted by atomic mass is 10.0. The Labute approximate surface area is 183 Å². The lowest BCUT2D eigenvalue weighted by Gasteiger charge is -2.14. The lowest BCUT2D eigenvalue weighted by Crippen LogP contribution is -2.14. The molecule has 0 N–H and O–H groups in total. The molecule has 0 heterocycles. The van der Waals surface area contributed by atoms with Gasteiger partial charge in [0.05, 0.1) is 0 Å². The van der Waals surface area contributed by atoms with E-state index in [-0.39, 0.29) is 23.8 Å². The van der Waals surface area contributed by atoms with E-state index >= 15 is 0 Å². The van der Waals surface area contributed by atoms with Crippen LogP contribution in [0.1, 0.15) is 104 Å². The first-order chi connectivity index (χ1) is 14.3. The fourth-order valence-corrected chi connectivity index (χ4v) is 3.33. The van der Waals surface area contributed by atoms with Gasteiger partial charge in [-0.15, -0.1) is 0 Å². The van der Waals surface area contributed by atoms with Gasteiger partial charge in [0.25, 0.3) is 0 Å². The Morgan fingerprint density at radius 1 is 0.733 bits per heavy atom. The van der Waals surface area contributed by atoms with Crippen LogP contribution in [-0.4, -0.2) is 11.9 Å². The summed E-state index contributed by atoms with van der Waals surface area (Å²) in [6.07, 6.45) is 11.8. The third-order valence-electron chi connectivity index (χ3n) is 4.92. The highest BCUT2D eigenvalue weighted by molar-refractivity contribution is 5.76. The maximum absolute atomic E-state index is 12.2. The predicted molar refractivity (Wildman–Crippen MR) is 123 cm³/mol. The molecule has 0 aliphatic rings. The number of esters is 2. The van der Waals surface area contributed by atoms with Gasteiger partial charge in [-0.05, 0) is 42.4 Å². The van der Waals surface area contributed by atoms with Gasteiger partial charge in [-0.1, -0.05) is 85.6 Å². The minimum atomic E-state index is -0.304. The Bertz CT molecular complexity index is 634. The first kappa shape index (κ1) is 26.2. The van der Waals surface area contributed by atoms with Crippen LogP contribution in [0.4, 0.5) is 0 Å². The molecule has 0 radical (unpaired) electrons. The largest absolute Gasteiger partial charge is 0.423 e. The highest BCUT2D eigenvalue weighted by atomic mass is 16.6. The summed E-state index contributed by atoms with van der Waals surface area (Å²) in [7, 11) is 0. The van der Waals surface area contributed by atoms with Gasteiger partial charge in [0.15, 0.2) is 11.5 Å². The van der Waals surface area contributed by atoms with Crippen molar-refractivity contribution in [3.63, 3.8) is 0 Å². The summed E-state index contributed by atoms with van der Waals surface area (Å²) in [6.45, 7) is 10.1. The van der Waals surface area contributed by atoms with Crippen LogP contribution < -0.4 is 9.47 Å². The minimum absolute atomic E-state index is 0.213. The molecule has 0 aliphatic heterocycles. The second-order valence-corrected chi connectivity index (χ2v) is 9.15. The highest BCUT2D eigenvalue weighted by Crippen LogP contribution is 2.30. The number of carbonyl (C=O) groups excluding carboxylic acids is 2. The van der Waals surface area contributed by atoms with Crippen LogP contribution in [0.5, 0.6) is 11.5 Å². The van der Waals surface area contributed by atoms with Gasteiger partial charge in [0, 0.05) is 12.8 Å². The summed E-state index contributed by atoms with van der Waals surface area (Å²) >= 11 is 0. The van der Waals surface area contributed by atoms with E-state index in [0.29, 0.717) is 24.3 Å². The van der Waals surface area contributed by atoms with Crippen LogP contribution in [0.2, 0.25) is 0 Å². The summed E-state index contributed by atoms with van der Waals surface area (Å²) in [5, 5.41) is 0. The van der Waals surface area contributed by atoms with E-state index in [1.165, 1.54) is 44.9 Å². The molecule has 30 heavy (non-hydrogen) atoms. The second kappa shape index (κ2) is 15.0. The molecule has 170 valence electrons. The van der Waals surface area contributed by atoms with Crippen molar-refractivity contribution in [2.45, 2.75) is 105 Å². The molecule has 0 saturated carbocycles. The number of unbranched alkanes of at least 4 members (excludes halogenated alkanes) is 7. The molecule has 0 aliphatic carbocycles. The molecular formula is C26H42O4. The van der Waals surface area contributed by atoms with Crippen LogP contribution in [0, 0.1) is 11.8 Å². The van der Waals surface area contributed by atoms with Crippen LogP contribution in [0.25, 0.3) is 0 Å². The van der Waals surface area contributed by atoms with Gasteiger partial charge in [-0.25, -0.2) is 0 Å². The molecule has 1 aromatic carbocycles. The molecule has 0 aromatic heterocycles. The SMILES string of the molecule is CCCCCCCCCCc1ccc(OC(=O)CC(C)C)c(OC(=O)CC(C)C)c1. The summed E-state index contributed by atoms with van der Waals surface area (Å²) in [6, 6.07) is 5.59. The Morgan fingerprint density at radius 3 is 1.77 bits per heavy atom. The maximum atomic E-state index is 12.2. The summed E-state index contributed by atoms with van der Waals surface area (Å²) in [5.41, 5.74) is 1.11. The number of carbonyl (C=O) groups is 2. The van der Waals surface area contributed by atoms with Gasteiger partial charge in [-0.2, -0.15) is 0 Å². The van der Waals surface area contributed by atoms with Crippen LogP contribution in [0.15, 0.2) is 18.2 Å². The number of rotatable bonds is 15. The normalized spacial score (nSPS) is 11.2. The van der Waals surface area contributed by atoms with Crippen LogP contribution in [-0.2, 0) is 16.0 Å². The van der Waals surface area contributed by atoms with Crippen molar-refractivity contribution in [2.24, 2.45) is 11.8 Å². The smallest absolute Gasteiger partial charge is 0.311 e. The molecule has 0 unspecified atom stereocenters. The molecular weight excluding hydrogens is 376 g/mol. The van der Waals surface area contributed by atoms with E-state index in [0.717, 1.165) is 18.4 Å². The Kier molecular flexibility index (Phi) is 13.1. The van der Waals surface area contributed by atoms with Crippen LogP contribution >= 0.6 is 0 Å². The molecule has 0 saturated heterocycles. The third-order valence-corrected chi connectivity index (χ3v) is 4.92. The number of hydrogen-bond donors (Lipinski definition) is 0. The molecule has 0 amide bonds. The standard InChI is InChI=1S/C26H42O4/c1-6-7-8-9-10-11-12-13-14-22-15-16-23(29-25(27)17-20(2)3)24(19-22)30-26(28)18-21(4)5/h15-16,19-21H,6-14,17-18H2,1-5H3. The Hall–Kier alpha value is -1.84. The molecule has 0 atom stereocenters. The Balaban J connectivity index is 2.67. The predicted octanol–water partition coefficient (Wildman–Crippen LogP) is 7.27. The molecule has 1 aromatic rings. The topological polar surface area (TPSA) is 52.6 Å². The van der Waals surface area contributed by atoms with Gasteiger partial charge >= 0.3 is 11.9 Å². The minimum Gasteiger partial charge on any atom is -0.423 e. The Morgan fingerprint density at radius 2 is 1.23 bits per heavy atom. The third kappa shape index (κ3) is 12.0. The second-order valence-electron chi connectivity index (χ2n) is 9.15. The van der Waals surface area contributed by atoms with E-state index < -0.39 is 0 Å². The molecule has 4 heteroatoms.